The van der Waals surface area contributed by atoms with Gasteiger partial charge < -0.3 is 9.84 Å². The van der Waals surface area contributed by atoms with Gasteiger partial charge in [0.25, 0.3) is 0 Å². The van der Waals surface area contributed by atoms with E-state index >= 15 is 0 Å². The summed E-state index contributed by atoms with van der Waals surface area (Å²) < 4.78 is 5.23. The van der Waals surface area contributed by atoms with Crippen LogP contribution < -0.4 is 4.74 Å². The number of likely N-dealkylation sites (tertiary alicyclic amines) is 1. The normalized spacial score (nSPS) is 22.3. The van der Waals surface area contributed by atoms with Crippen molar-refractivity contribution in [3.05, 3.63) is 30.3 Å². The molecule has 1 N–H and O–H groups in total. The van der Waals surface area contributed by atoms with Gasteiger partial charge in [-0.15, -0.1) is 0 Å². The van der Waals surface area contributed by atoms with E-state index in [1.807, 2.05) is 6.07 Å². The number of carboxylic acid groups (broad SMARTS) is 1. The average molecular weight is 263 g/mol. The average Bonchev–Trinajstić information content (AvgIpc) is 2.85. The molecule has 1 aliphatic heterocycles. The molecule has 1 aliphatic rings. The van der Waals surface area contributed by atoms with Gasteiger partial charge in [-0.25, -0.2) is 9.59 Å². The maximum atomic E-state index is 12.1. The van der Waals surface area contributed by atoms with Crippen LogP contribution in [0.4, 0.5) is 4.79 Å². The van der Waals surface area contributed by atoms with Crippen LogP contribution in [0.1, 0.15) is 26.2 Å². The van der Waals surface area contributed by atoms with E-state index in [0.717, 1.165) is 0 Å². The van der Waals surface area contributed by atoms with Gasteiger partial charge in [0.15, 0.2) is 0 Å². The lowest BCUT2D eigenvalue weighted by Gasteiger charge is -2.32. The summed E-state index contributed by atoms with van der Waals surface area (Å²) in [4.78, 5) is 24.9. The zero-order chi connectivity index (χ0) is 13.9. The highest BCUT2D eigenvalue weighted by molar-refractivity contribution is 5.85. The van der Waals surface area contributed by atoms with Gasteiger partial charge >= 0.3 is 12.1 Å². The van der Waals surface area contributed by atoms with Crippen LogP contribution in [0.2, 0.25) is 0 Å². The topological polar surface area (TPSA) is 66.8 Å². The highest BCUT2D eigenvalue weighted by atomic mass is 16.6. The van der Waals surface area contributed by atoms with Gasteiger partial charge in [-0.1, -0.05) is 25.1 Å². The fourth-order valence-electron chi connectivity index (χ4n) is 2.53. The highest BCUT2D eigenvalue weighted by Gasteiger charge is 2.49. The minimum Gasteiger partial charge on any atom is -0.479 e. The number of carbonyl (C=O) groups excluding carboxylic acids is 1. The van der Waals surface area contributed by atoms with Crippen LogP contribution in [0.3, 0.4) is 0 Å². The molecule has 0 bridgehead atoms. The van der Waals surface area contributed by atoms with Gasteiger partial charge in [-0.2, -0.15) is 0 Å². The van der Waals surface area contributed by atoms with E-state index in [0.29, 0.717) is 31.6 Å². The van der Waals surface area contributed by atoms with Crippen LogP contribution >= 0.6 is 0 Å². The molecule has 102 valence electrons. The quantitative estimate of drug-likeness (QED) is 0.909. The van der Waals surface area contributed by atoms with E-state index < -0.39 is 17.6 Å². The Morgan fingerprint density at radius 2 is 2.05 bits per heavy atom. The molecule has 1 saturated heterocycles. The van der Waals surface area contributed by atoms with Crippen molar-refractivity contribution in [3.63, 3.8) is 0 Å². The smallest absolute Gasteiger partial charge is 0.416 e. The summed E-state index contributed by atoms with van der Waals surface area (Å²) in [7, 11) is 0. The molecule has 2 rings (SSSR count). The second kappa shape index (κ2) is 5.30. The van der Waals surface area contributed by atoms with E-state index in [1.54, 1.807) is 31.2 Å². The van der Waals surface area contributed by atoms with E-state index in [1.165, 1.54) is 4.90 Å². The van der Waals surface area contributed by atoms with Gasteiger partial charge in [-0.05, 0) is 31.4 Å². The van der Waals surface area contributed by atoms with Crippen LogP contribution in [0.25, 0.3) is 0 Å². The first kappa shape index (κ1) is 13.4. The number of rotatable bonds is 3. The maximum Gasteiger partial charge on any atom is 0.416 e. The Morgan fingerprint density at radius 1 is 1.37 bits per heavy atom. The Bertz CT molecular complexity index is 474. The summed E-state index contributed by atoms with van der Waals surface area (Å²) >= 11 is 0. The number of amides is 1. The molecule has 1 amide bonds. The van der Waals surface area contributed by atoms with Gasteiger partial charge in [0.05, 0.1) is 0 Å². The van der Waals surface area contributed by atoms with Gasteiger partial charge in [0.1, 0.15) is 11.3 Å². The minimum absolute atomic E-state index is 0.381. The molecule has 0 aromatic heterocycles. The lowest BCUT2D eigenvalue weighted by molar-refractivity contribution is -0.148. The predicted octanol–water partition coefficient (Wildman–Crippen LogP) is 2.51. The number of para-hydroxylation sites is 1. The molecule has 5 nitrogen and oxygen atoms in total. The number of benzene rings is 1. The van der Waals surface area contributed by atoms with Gasteiger partial charge in [0, 0.05) is 6.54 Å². The fraction of sp³-hybridized carbons (Fsp3) is 0.429. The lowest BCUT2D eigenvalue weighted by atomic mass is 9.93. The van der Waals surface area contributed by atoms with Crippen LogP contribution in [0.15, 0.2) is 30.3 Å². The van der Waals surface area contributed by atoms with Crippen molar-refractivity contribution in [2.75, 3.05) is 6.54 Å². The number of nitrogens with zero attached hydrogens (tertiary/aromatic N) is 1. The van der Waals surface area contributed by atoms with Crippen molar-refractivity contribution in [2.45, 2.75) is 31.7 Å². The van der Waals surface area contributed by atoms with Crippen molar-refractivity contribution in [1.82, 2.24) is 4.90 Å². The Balaban J connectivity index is 2.16. The molecule has 0 spiro atoms. The fourth-order valence-corrected chi connectivity index (χ4v) is 2.53. The molecule has 1 aromatic rings. The first-order valence-electron chi connectivity index (χ1n) is 6.38. The van der Waals surface area contributed by atoms with Crippen LogP contribution in [0.5, 0.6) is 5.75 Å². The third-order valence-corrected chi connectivity index (χ3v) is 3.64. The maximum absolute atomic E-state index is 12.1. The molecule has 0 saturated carbocycles. The summed E-state index contributed by atoms with van der Waals surface area (Å²) in [6.45, 7) is 2.20. The van der Waals surface area contributed by atoms with E-state index in [4.69, 9.17) is 4.74 Å². The summed E-state index contributed by atoms with van der Waals surface area (Å²) in [5, 5.41) is 9.40. The molecule has 1 unspecified atom stereocenters. The zero-order valence-electron chi connectivity index (χ0n) is 10.8. The molecular weight excluding hydrogens is 246 g/mol. The Labute approximate surface area is 111 Å². The summed E-state index contributed by atoms with van der Waals surface area (Å²) in [6, 6.07) is 8.68. The van der Waals surface area contributed by atoms with E-state index in [9.17, 15) is 14.7 Å². The van der Waals surface area contributed by atoms with Crippen LogP contribution in [0, 0.1) is 0 Å². The third-order valence-electron chi connectivity index (χ3n) is 3.64. The number of hydrogen-bond donors (Lipinski definition) is 1. The first-order chi connectivity index (χ1) is 9.10. The predicted molar refractivity (Wildman–Crippen MR) is 69.1 cm³/mol. The second-order valence-electron chi connectivity index (χ2n) is 4.63. The second-order valence-corrected chi connectivity index (χ2v) is 4.63. The van der Waals surface area contributed by atoms with Crippen molar-refractivity contribution in [1.29, 1.82) is 0 Å². The molecule has 1 heterocycles. The van der Waals surface area contributed by atoms with Gasteiger partial charge in [0.2, 0.25) is 0 Å². The zero-order valence-corrected chi connectivity index (χ0v) is 10.8. The minimum atomic E-state index is -1.12. The molecule has 5 heteroatoms. The Hall–Kier alpha value is -2.04. The summed E-state index contributed by atoms with van der Waals surface area (Å²) in [6.07, 6.45) is 0.951. The largest absolute Gasteiger partial charge is 0.479 e. The lowest BCUT2D eigenvalue weighted by Crippen LogP contribution is -2.53. The van der Waals surface area contributed by atoms with Crippen LogP contribution in [-0.4, -0.2) is 34.2 Å². The molecular formula is C14H17NO4. The van der Waals surface area contributed by atoms with Crippen molar-refractivity contribution in [2.24, 2.45) is 0 Å². The van der Waals surface area contributed by atoms with Crippen molar-refractivity contribution in [3.8, 4) is 5.75 Å². The SMILES string of the molecule is CCC1(C(=O)O)CCCN1C(=O)Oc1ccccc1. The van der Waals surface area contributed by atoms with E-state index in [-0.39, 0.29) is 0 Å². The standard InChI is InChI=1S/C14H17NO4/c1-2-14(12(16)17)9-6-10-15(14)13(18)19-11-7-4-3-5-8-11/h3-5,7-8H,2,6,9-10H2,1H3,(H,16,17). The number of aliphatic carboxylic acids is 1. The number of carbonyl (C=O) groups is 2. The monoisotopic (exact) mass is 263 g/mol. The number of ether oxygens (including phenoxy) is 1. The Morgan fingerprint density at radius 3 is 2.63 bits per heavy atom. The molecule has 0 aliphatic carbocycles. The van der Waals surface area contributed by atoms with Crippen molar-refractivity contribution >= 4 is 12.1 Å². The van der Waals surface area contributed by atoms with Gasteiger partial charge in [-0.3, -0.25) is 4.90 Å². The Kier molecular flexibility index (Phi) is 3.74. The summed E-state index contributed by atoms with van der Waals surface area (Å²) in [5.74, 6) is -0.535. The number of hydrogen-bond acceptors (Lipinski definition) is 3. The van der Waals surface area contributed by atoms with Crippen LogP contribution in [-0.2, 0) is 4.79 Å². The highest BCUT2D eigenvalue weighted by Crippen LogP contribution is 2.33. The third kappa shape index (κ3) is 2.41. The molecule has 1 fully saturated rings. The first-order valence-corrected chi connectivity index (χ1v) is 6.38. The molecule has 1 atom stereocenters. The number of carboxylic acids is 1. The summed E-state index contributed by atoms with van der Waals surface area (Å²) in [5.41, 5.74) is -1.12. The molecule has 1 aromatic carbocycles. The molecule has 19 heavy (non-hydrogen) atoms. The molecule has 0 radical (unpaired) electrons. The van der Waals surface area contributed by atoms with E-state index in [2.05, 4.69) is 0 Å². The van der Waals surface area contributed by atoms with Crippen molar-refractivity contribution < 1.29 is 19.4 Å².